The molecule has 0 aliphatic rings. The molecule has 0 aromatic heterocycles. The zero-order valence-corrected chi connectivity index (χ0v) is 11.4. The van der Waals surface area contributed by atoms with Gasteiger partial charge in [0.15, 0.2) is 11.6 Å². The van der Waals surface area contributed by atoms with E-state index in [0.29, 0.717) is 6.54 Å². The lowest BCUT2D eigenvalue weighted by Gasteiger charge is -2.13. The Labute approximate surface area is 113 Å². The summed E-state index contributed by atoms with van der Waals surface area (Å²) >= 11 is 0. The first-order chi connectivity index (χ1) is 9.13. The summed E-state index contributed by atoms with van der Waals surface area (Å²) in [7, 11) is 0. The molecule has 1 amide bonds. The van der Waals surface area contributed by atoms with Gasteiger partial charge in [-0.3, -0.25) is 4.79 Å². The molecule has 5 heteroatoms. The number of likely N-dealkylation sites (N-methyl/N-ethyl adjacent to an activating group) is 1. The number of hydrogen-bond donors (Lipinski definition) is 2. The summed E-state index contributed by atoms with van der Waals surface area (Å²) in [4.78, 5) is 11.5. The van der Waals surface area contributed by atoms with Crippen molar-refractivity contribution in [2.45, 2.75) is 26.3 Å². The van der Waals surface area contributed by atoms with E-state index < -0.39 is 5.82 Å². The maximum absolute atomic E-state index is 13.2. The number of nitrogens with one attached hydrogen (secondary N) is 2. The minimum absolute atomic E-state index is 0.0962. The van der Waals surface area contributed by atoms with Gasteiger partial charge in [-0.15, -0.1) is 0 Å². The molecule has 1 atom stereocenters. The van der Waals surface area contributed by atoms with Gasteiger partial charge in [-0.2, -0.15) is 0 Å². The number of rotatable bonds is 8. The molecule has 0 saturated carbocycles. The van der Waals surface area contributed by atoms with Gasteiger partial charge in [0.2, 0.25) is 5.91 Å². The Balaban J connectivity index is 2.19. The molecular weight excluding hydrogens is 247 g/mol. The van der Waals surface area contributed by atoms with Crippen LogP contribution in [0.4, 0.5) is 4.39 Å². The van der Waals surface area contributed by atoms with E-state index >= 15 is 0 Å². The van der Waals surface area contributed by atoms with Crippen LogP contribution in [-0.4, -0.2) is 31.6 Å². The Morgan fingerprint density at radius 2 is 2.16 bits per heavy atom. The van der Waals surface area contributed by atoms with Crippen LogP contribution in [0.2, 0.25) is 0 Å². The monoisotopic (exact) mass is 268 g/mol. The maximum atomic E-state index is 13.2. The largest absolute Gasteiger partial charge is 0.490 e. The average molecular weight is 268 g/mol. The fourth-order valence-electron chi connectivity index (χ4n) is 1.59. The molecular formula is C14H21FN2O2. The van der Waals surface area contributed by atoms with Crippen LogP contribution in [0.25, 0.3) is 0 Å². The summed E-state index contributed by atoms with van der Waals surface area (Å²) in [6.45, 7) is 5.63. The second-order valence-corrected chi connectivity index (χ2v) is 4.29. The molecule has 0 heterocycles. The van der Waals surface area contributed by atoms with Crippen LogP contribution >= 0.6 is 0 Å². The van der Waals surface area contributed by atoms with Crippen molar-refractivity contribution in [2.24, 2.45) is 0 Å². The molecule has 0 saturated heterocycles. The smallest absolute Gasteiger partial charge is 0.223 e. The summed E-state index contributed by atoms with van der Waals surface area (Å²) in [5.74, 6) is -0.332. The van der Waals surface area contributed by atoms with Gasteiger partial charge < -0.3 is 15.4 Å². The zero-order valence-electron chi connectivity index (χ0n) is 11.4. The van der Waals surface area contributed by atoms with Crippen molar-refractivity contribution in [3.05, 3.63) is 30.1 Å². The quantitative estimate of drug-likeness (QED) is 0.754. The summed E-state index contributed by atoms with van der Waals surface area (Å²) in [5, 5.41) is 5.99. The third kappa shape index (κ3) is 6.20. The van der Waals surface area contributed by atoms with Crippen LogP contribution in [0.5, 0.6) is 5.75 Å². The van der Waals surface area contributed by atoms with Gasteiger partial charge in [0.25, 0.3) is 0 Å². The Morgan fingerprint density at radius 3 is 2.84 bits per heavy atom. The van der Waals surface area contributed by atoms with Crippen LogP contribution in [0.15, 0.2) is 24.3 Å². The average Bonchev–Trinajstić information content (AvgIpc) is 2.39. The van der Waals surface area contributed by atoms with Crippen LogP contribution in [-0.2, 0) is 4.79 Å². The van der Waals surface area contributed by atoms with Crippen LogP contribution < -0.4 is 15.4 Å². The highest BCUT2D eigenvalue weighted by Gasteiger charge is 2.06. The molecule has 19 heavy (non-hydrogen) atoms. The van der Waals surface area contributed by atoms with Crippen molar-refractivity contribution in [1.29, 1.82) is 0 Å². The molecule has 0 radical (unpaired) electrons. The molecule has 1 aromatic carbocycles. The molecule has 0 fully saturated rings. The Bertz CT molecular complexity index is 399. The van der Waals surface area contributed by atoms with E-state index in [-0.39, 0.29) is 30.7 Å². The normalized spacial score (nSPS) is 11.9. The van der Waals surface area contributed by atoms with E-state index in [9.17, 15) is 9.18 Å². The van der Waals surface area contributed by atoms with Gasteiger partial charge in [-0.05, 0) is 25.6 Å². The standard InChI is InChI=1S/C14H21FN2O2/c1-3-16-11(2)10-17-14(18)8-9-19-13-7-5-4-6-12(13)15/h4-7,11,16H,3,8-10H2,1-2H3,(H,17,18)/t11-/m1/s1. The van der Waals surface area contributed by atoms with E-state index in [1.807, 2.05) is 13.8 Å². The second kappa shape index (κ2) is 8.48. The second-order valence-electron chi connectivity index (χ2n) is 4.29. The fraction of sp³-hybridized carbons (Fsp3) is 0.500. The topological polar surface area (TPSA) is 50.4 Å². The van der Waals surface area contributed by atoms with E-state index in [4.69, 9.17) is 4.74 Å². The molecule has 0 bridgehead atoms. The van der Waals surface area contributed by atoms with Crippen molar-refractivity contribution in [3.8, 4) is 5.75 Å². The van der Waals surface area contributed by atoms with Crippen molar-refractivity contribution in [2.75, 3.05) is 19.7 Å². The molecule has 2 N–H and O–H groups in total. The molecule has 106 valence electrons. The van der Waals surface area contributed by atoms with Gasteiger partial charge >= 0.3 is 0 Å². The highest BCUT2D eigenvalue weighted by Crippen LogP contribution is 2.15. The summed E-state index contributed by atoms with van der Waals surface area (Å²) in [6.07, 6.45) is 0.215. The predicted molar refractivity (Wildman–Crippen MR) is 72.7 cm³/mol. The number of hydrogen-bond acceptors (Lipinski definition) is 3. The third-order valence-corrected chi connectivity index (χ3v) is 2.58. The number of para-hydroxylation sites is 1. The minimum atomic E-state index is -0.413. The first-order valence-corrected chi connectivity index (χ1v) is 6.51. The van der Waals surface area contributed by atoms with Gasteiger partial charge in [-0.1, -0.05) is 19.1 Å². The van der Waals surface area contributed by atoms with Crippen LogP contribution in [0, 0.1) is 5.82 Å². The van der Waals surface area contributed by atoms with E-state index in [1.54, 1.807) is 18.2 Å². The molecule has 0 spiro atoms. The number of amides is 1. The summed E-state index contributed by atoms with van der Waals surface area (Å²) < 4.78 is 18.4. The maximum Gasteiger partial charge on any atom is 0.223 e. The van der Waals surface area contributed by atoms with Gasteiger partial charge in [0.1, 0.15) is 0 Å². The summed E-state index contributed by atoms with van der Waals surface area (Å²) in [6, 6.07) is 6.39. The Hall–Kier alpha value is -1.62. The summed E-state index contributed by atoms with van der Waals surface area (Å²) in [5.41, 5.74) is 0. The molecule has 4 nitrogen and oxygen atoms in total. The molecule has 0 aliphatic carbocycles. The van der Waals surface area contributed by atoms with Crippen LogP contribution in [0.3, 0.4) is 0 Å². The van der Waals surface area contributed by atoms with E-state index in [2.05, 4.69) is 10.6 Å². The van der Waals surface area contributed by atoms with E-state index in [0.717, 1.165) is 6.54 Å². The van der Waals surface area contributed by atoms with Crippen molar-refractivity contribution >= 4 is 5.91 Å². The van der Waals surface area contributed by atoms with Crippen LogP contribution in [0.1, 0.15) is 20.3 Å². The van der Waals surface area contributed by atoms with Crippen molar-refractivity contribution < 1.29 is 13.9 Å². The predicted octanol–water partition coefficient (Wildman–Crippen LogP) is 1.71. The minimum Gasteiger partial charge on any atom is -0.490 e. The Kier molecular flexibility index (Phi) is 6.89. The SMILES string of the molecule is CCN[C@H](C)CNC(=O)CCOc1ccccc1F. The first-order valence-electron chi connectivity index (χ1n) is 6.51. The number of carbonyl (C=O) groups excluding carboxylic acids is 1. The lowest BCUT2D eigenvalue weighted by atomic mass is 10.3. The van der Waals surface area contributed by atoms with Crippen molar-refractivity contribution in [1.82, 2.24) is 10.6 Å². The highest BCUT2D eigenvalue weighted by molar-refractivity contribution is 5.76. The zero-order chi connectivity index (χ0) is 14.1. The highest BCUT2D eigenvalue weighted by atomic mass is 19.1. The number of ether oxygens (including phenoxy) is 1. The molecule has 1 rings (SSSR count). The first kappa shape index (κ1) is 15.4. The Morgan fingerprint density at radius 1 is 1.42 bits per heavy atom. The molecule has 0 unspecified atom stereocenters. The number of benzene rings is 1. The van der Waals surface area contributed by atoms with Gasteiger partial charge in [-0.25, -0.2) is 4.39 Å². The number of carbonyl (C=O) groups is 1. The lowest BCUT2D eigenvalue weighted by molar-refractivity contribution is -0.121. The van der Waals surface area contributed by atoms with Gasteiger partial charge in [0, 0.05) is 12.6 Å². The van der Waals surface area contributed by atoms with E-state index in [1.165, 1.54) is 6.07 Å². The fourth-order valence-corrected chi connectivity index (χ4v) is 1.59. The third-order valence-electron chi connectivity index (χ3n) is 2.58. The van der Waals surface area contributed by atoms with Crippen molar-refractivity contribution in [3.63, 3.8) is 0 Å². The number of halogens is 1. The van der Waals surface area contributed by atoms with Gasteiger partial charge in [0.05, 0.1) is 13.0 Å². The molecule has 1 aromatic rings. The molecule has 0 aliphatic heterocycles. The lowest BCUT2D eigenvalue weighted by Crippen LogP contribution is -2.39.